The van der Waals surface area contributed by atoms with Gasteiger partial charge in [-0.3, -0.25) is 0 Å². The molecule has 1 N–H and O–H groups in total. The van der Waals surface area contributed by atoms with Crippen LogP contribution >= 0.6 is 0 Å². The summed E-state index contributed by atoms with van der Waals surface area (Å²) in [7, 11) is 0. The van der Waals surface area contributed by atoms with E-state index in [1.54, 1.807) is 0 Å². The van der Waals surface area contributed by atoms with E-state index < -0.39 is 5.79 Å². The molecule has 2 fully saturated rings. The number of aliphatic hydroxyl groups excluding tert-OH is 1. The lowest BCUT2D eigenvalue weighted by molar-refractivity contribution is -0.240. The Balaban J connectivity index is 2.13. The number of aliphatic hydroxyl groups is 1. The van der Waals surface area contributed by atoms with Crippen molar-refractivity contribution in [2.45, 2.75) is 51.9 Å². The molecule has 1 heterocycles. The second-order valence-electron chi connectivity index (χ2n) is 5.78. The highest BCUT2D eigenvalue weighted by Crippen LogP contribution is 2.47. The smallest absolute Gasteiger partial charge is 0.172 e. The molecule has 0 unspecified atom stereocenters. The molecule has 1 aliphatic heterocycles. The molecule has 0 amide bonds. The van der Waals surface area contributed by atoms with Crippen molar-refractivity contribution in [3.05, 3.63) is 0 Å². The quantitative estimate of drug-likeness (QED) is 0.787. The fourth-order valence-corrected chi connectivity index (χ4v) is 3.24. The Bertz CT molecular complexity index is 241. The molecule has 4 atom stereocenters. The summed E-state index contributed by atoms with van der Waals surface area (Å²) in [5.74, 6) is 1.30. The van der Waals surface area contributed by atoms with Gasteiger partial charge in [0, 0.05) is 12.3 Å². The van der Waals surface area contributed by atoms with Crippen molar-refractivity contribution >= 4 is 0 Å². The van der Waals surface area contributed by atoms with Crippen LogP contribution in [-0.2, 0) is 9.47 Å². The van der Waals surface area contributed by atoms with Crippen LogP contribution < -0.4 is 0 Å². The highest BCUT2D eigenvalue weighted by atomic mass is 16.7. The van der Waals surface area contributed by atoms with Gasteiger partial charge in [-0.25, -0.2) is 0 Å². The molecular formula is C13H24O3. The standard InChI is InChI=1S/C13H24O3/c1-9(2)12-5-4-10(3)6-13(12)15-8-11(7-14)16-13/h9-12,14H,4-8H2,1-3H3/t10-,11-,12-,13-/m1/s1. The Hall–Kier alpha value is -0.120. The van der Waals surface area contributed by atoms with Crippen molar-refractivity contribution in [1.82, 2.24) is 0 Å². The zero-order chi connectivity index (χ0) is 11.8. The molecule has 16 heavy (non-hydrogen) atoms. The van der Waals surface area contributed by atoms with E-state index in [1.807, 2.05) is 0 Å². The van der Waals surface area contributed by atoms with Crippen molar-refractivity contribution in [1.29, 1.82) is 0 Å². The SMILES string of the molecule is CC(C)[C@H]1CC[C@@H](C)C[C@]12OC[C@@H](CO)O2. The molecule has 0 aromatic carbocycles. The van der Waals surface area contributed by atoms with E-state index in [1.165, 1.54) is 12.8 Å². The average Bonchev–Trinajstić information content (AvgIpc) is 2.61. The van der Waals surface area contributed by atoms with Gasteiger partial charge in [0.25, 0.3) is 0 Å². The van der Waals surface area contributed by atoms with Gasteiger partial charge in [-0.15, -0.1) is 0 Å². The number of hydrogen-bond donors (Lipinski definition) is 1. The van der Waals surface area contributed by atoms with Crippen molar-refractivity contribution in [2.75, 3.05) is 13.2 Å². The van der Waals surface area contributed by atoms with Crippen molar-refractivity contribution < 1.29 is 14.6 Å². The lowest BCUT2D eigenvalue weighted by Crippen LogP contribution is -2.47. The minimum atomic E-state index is -0.404. The summed E-state index contributed by atoms with van der Waals surface area (Å²) < 4.78 is 12.0. The van der Waals surface area contributed by atoms with Gasteiger partial charge >= 0.3 is 0 Å². The normalized spacial score (nSPS) is 44.4. The number of rotatable bonds is 2. The molecule has 2 aliphatic rings. The van der Waals surface area contributed by atoms with Gasteiger partial charge < -0.3 is 14.6 Å². The first-order valence-electron chi connectivity index (χ1n) is 6.50. The molecule has 1 spiro atoms. The van der Waals surface area contributed by atoms with E-state index in [0.29, 0.717) is 24.4 Å². The predicted octanol–water partition coefficient (Wildman–Crippen LogP) is 2.18. The highest BCUT2D eigenvalue weighted by molar-refractivity contribution is 4.92. The minimum absolute atomic E-state index is 0.0704. The maximum atomic E-state index is 9.17. The van der Waals surface area contributed by atoms with Gasteiger partial charge in [0.1, 0.15) is 6.10 Å². The fraction of sp³-hybridized carbons (Fsp3) is 1.00. The van der Waals surface area contributed by atoms with E-state index in [2.05, 4.69) is 20.8 Å². The highest BCUT2D eigenvalue weighted by Gasteiger charge is 2.51. The Morgan fingerprint density at radius 2 is 2.12 bits per heavy atom. The monoisotopic (exact) mass is 228 g/mol. The van der Waals surface area contributed by atoms with Crippen LogP contribution in [0.15, 0.2) is 0 Å². The summed E-state index contributed by atoms with van der Waals surface area (Å²) in [6, 6.07) is 0. The van der Waals surface area contributed by atoms with Gasteiger partial charge in [-0.2, -0.15) is 0 Å². The second-order valence-corrected chi connectivity index (χ2v) is 5.78. The Labute approximate surface area is 98.1 Å². The van der Waals surface area contributed by atoms with Gasteiger partial charge in [0.05, 0.1) is 13.2 Å². The Morgan fingerprint density at radius 3 is 2.69 bits per heavy atom. The Kier molecular flexibility index (Phi) is 3.57. The molecular weight excluding hydrogens is 204 g/mol. The largest absolute Gasteiger partial charge is 0.394 e. The van der Waals surface area contributed by atoms with E-state index in [0.717, 1.165) is 6.42 Å². The summed E-state index contributed by atoms with van der Waals surface area (Å²) in [5.41, 5.74) is 0. The first-order chi connectivity index (χ1) is 7.57. The van der Waals surface area contributed by atoms with Gasteiger partial charge in [0.15, 0.2) is 5.79 Å². The van der Waals surface area contributed by atoms with E-state index in [-0.39, 0.29) is 12.7 Å². The molecule has 0 bridgehead atoms. The third-order valence-electron chi connectivity index (χ3n) is 4.06. The van der Waals surface area contributed by atoms with E-state index >= 15 is 0 Å². The zero-order valence-electron chi connectivity index (χ0n) is 10.6. The van der Waals surface area contributed by atoms with Crippen LogP contribution in [0.3, 0.4) is 0 Å². The van der Waals surface area contributed by atoms with Crippen molar-refractivity contribution in [2.24, 2.45) is 17.8 Å². The molecule has 94 valence electrons. The molecule has 0 aromatic heterocycles. The number of hydrogen-bond acceptors (Lipinski definition) is 3. The maximum absolute atomic E-state index is 9.17. The fourth-order valence-electron chi connectivity index (χ4n) is 3.24. The molecule has 0 radical (unpaired) electrons. The van der Waals surface area contributed by atoms with Crippen LogP contribution in [0.2, 0.25) is 0 Å². The molecule has 2 rings (SSSR count). The predicted molar refractivity (Wildman–Crippen MR) is 62.0 cm³/mol. The maximum Gasteiger partial charge on any atom is 0.172 e. The lowest BCUT2D eigenvalue weighted by Gasteiger charge is -2.44. The lowest BCUT2D eigenvalue weighted by atomic mass is 9.73. The van der Waals surface area contributed by atoms with Crippen LogP contribution in [0.4, 0.5) is 0 Å². The zero-order valence-corrected chi connectivity index (χ0v) is 10.6. The first-order valence-corrected chi connectivity index (χ1v) is 6.50. The summed E-state index contributed by atoms with van der Waals surface area (Å²) in [5, 5.41) is 9.17. The third-order valence-corrected chi connectivity index (χ3v) is 4.06. The molecule has 1 saturated carbocycles. The first kappa shape index (κ1) is 12.3. The van der Waals surface area contributed by atoms with Crippen molar-refractivity contribution in [3.63, 3.8) is 0 Å². The average molecular weight is 228 g/mol. The van der Waals surface area contributed by atoms with E-state index in [4.69, 9.17) is 14.6 Å². The Morgan fingerprint density at radius 1 is 1.38 bits per heavy atom. The van der Waals surface area contributed by atoms with Crippen LogP contribution in [0, 0.1) is 17.8 Å². The second kappa shape index (κ2) is 4.63. The summed E-state index contributed by atoms with van der Waals surface area (Å²) in [6.07, 6.45) is 3.30. The summed E-state index contributed by atoms with van der Waals surface area (Å²) in [6.45, 7) is 7.35. The topological polar surface area (TPSA) is 38.7 Å². The molecule has 1 saturated heterocycles. The molecule has 3 heteroatoms. The van der Waals surface area contributed by atoms with Crippen LogP contribution in [0.25, 0.3) is 0 Å². The van der Waals surface area contributed by atoms with E-state index in [9.17, 15) is 0 Å². The van der Waals surface area contributed by atoms with Crippen LogP contribution in [0.5, 0.6) is 0 Å². The molecule has 1 aliphatic carbocycles. The van der Waals surface area contributed by atoms with Crippen molar-refractivity contribution in [3.8, 4) is 0 Å². The van der Waals surface area contributed by atoms with Gasteiger partial charge in [-0.1, -0.05) is 27.2 Å². The van der Waals surface area contributed by atoms with Gasteiger partial charge in [0.2, 0.25) is 0 Å². The minimum Gasteiger partial charge on any atom is -0.394 e. The third kappa shape index (κ3) is 2.13. The summed E-state index contributed by atoms with van der Waals surface area (Å²) in [4.78, 5) is 0. The van der Waals surface area contributed by atoms with Crippen LogP contribution in [-0.4, -0.2) is 30.2 Å². The summed E-state index contributed by atoms with van der Waals surface area (Å²) >= 11 is 0. The molecule has 3 nitrogen and oxygen atoms in total. The number of ether oxygens (including phenoxy) is 2. The molecule has 0 aromatic rings. The van der Waals surface area contributed by atoms with Crippen LogP contribution in [0.1, 0.15) is 40.0 Å². The van der Waals surface area contributed by atoms with Gasteiger partial charge in [-0.05, 0) is 18.3 Å².